The Hall–Kier alpha value is -4.04. The predicted molar refractivity (Wildman–Crippen MR) is 108 cm³/mol. The zero-order valence-corrected chi connectivity index (χ0v) is 16.3. The summed E-state index contributed by atoms with van der Waals surface area (Å²) >= 11 is 0. The summed E-state index contributed by atoms with van der Waals surface area (Å²) in [4.78, 5) is 31.0. The second kappa shape index (κ2) is 9.94. The van der Waals surface area contributed by atoms with Crippen molar-refractivity contribution in [3.63, 3.8) is 0 Å². The fourth-order valence-electron chi connectivity index (χ4n) is 2.93. The van der Waals surface area contributed by atoms with Gasteiger partial charge in [-0.25, -0.2) is 4.85 Å². The van der Waals surface area contributed by atoms with E-state index in [-0.39, 0.29) is 13.2 Å². The molecule has 0 spiro atoms. The summed E-state index contributed by atoms with van der Waals surface area (Å²) < 4.78 is 11.2. The van der Waals surface area contributed by atoms with Crippen LogP contribution in [-0.2, 0) is 9.59 Å². The van der Waals surface area contributed by atoms with E-state index in [1.54, 1.807) is 48.5 Å². The number of piperazine rings is 1. The fraction of sp³-hybridized carbons (Fsp3) is 0.273. The Kier molecular flexibility index (Phi) is 6.86. The van der Waals surface area contributed by atoms with Crippen molar-refractivity contribution in [2.75, 3.05) is 39.4 Å². The minimum absolute atomic E-state index is 0.259. The number of carbonyl (C=O) groups excluding carboxylic acids is 2. The third-order valence-corrected chi connectivity index (χ3v) is 4.61. The van der Waals surface area contributed by atoms with Crippen LogP contribution in [-0.4, -0.2) is 61.0 Å². The number of hydrogen-bond acceptors (Lipinski definition) is 5. The van der Waals surface area contributed by atoms with Gasteiger partial charge in [0.25, 0.3) is 0 Å². The largest absolute Gasteiger partial charge is 0.492 e. The van der Waals surface area contributed by atoms with Crippen LogP contribution in [0.5, 0.6) is 11.5 Å². The lowest BCUT2D eigenvalue weighted by Crippen LogP contribution is -2.55. The molecule has 1 aliphatic heterocycles. The van der Waals surface area contributed by atoms with E-state index in [4.69, 9.17) is 21.3 Å². The van der Waals surface area contributed by atoms with Crippen molar-refractivity contribution in [1.29, 1.82) is 5.26 Å². The van der Waals surface area contributed by atoms with Crippen LogP contribution >= 0.6 is 0 Å². The number of hydrogen-bond donors (Lipinski definition) is 0. The molecule has 152 valence electrons. The molecule has 8 heteroatoms. The van der Waals surface area contributed by atoms with E-state index in [1.165, 1.54) is 9.80 Å². The zero-order valence-electron chi connectivity index (χ0n) is 16.3. The second-order valence-electron chi connectivity index (χ2n) is 6.52. The molecule has 0 atom stereocenters. The quantitative estimate of drug-likeness (QED) is 0.497. The van der Waals surface area contributed by atoms with Gasteiger partial charge in [0, 0.05) is 13.1 Å². The SMILES string of the molecule is [C-]#[N+]c1ccc(OCCN2CCN(CCOc3ccc(C#N)cc3)C(=O)C2=O)cc1. The summed E-state index contributed by atoms with van der Waals surface area (Å²) in [6, 6.07) is 15.5. The summed E-state index contributed by atoms with van der Waals surface area (Å²) in [7, 11) is 0. The molecule has 0 aliphatic carbocycles. The predicted octanol–water partition coefficient (Wildman–Crippen LogP) is 2.24. The van der Waals surface area contributed by atoms with Crippen molar-refractivity contribution < 1.29 is 19.1 Å². The van der Waals surface area contributed by atoms with Gasteiger partial charge in [-0.2, -0.15) is 5.26 Å². The van der Waals surface area contributed by atoms with Crippen molar-refractivity contribution in [3.8, 4) is 17.6 Å². The number of rotatable bonds is 8. The molecule has 8 nitrogen and oxygen atoms in total. The lowest BCUT2D eigenvalue weighted by molar-refractivity contribution is -0.156. The molecule has 0 aromatic heterocycles. The van der Waals surface area contributed by atoms with Gasteiger partial charge in [-0.05, 0) is 36.4 Å². The maximum atomic E-state index is 12.3. The second-order valence-corrected chi connectivity index (χ2v) is 6.52. The van der Waals surface area contributed by atoms with Crippen LogP contribution in [0.3, 0.4) is 0 Å². The molecule has 0 unspecified atom stereocenters. The van der Waals surface area contributed by atoms with E-state index < -0.39 is 11.8 Å². The first kappa shape index (κ1) is 20.7. The first-order chi connectivity index (χ1) is 14.6. The number of carbonyl (C=O) groups is 2. The number of nitrogens with zero attached hydrogens (tertiary/aromatic N) is 4. The van der Waals surface area contributed by atoms with Gasteiger partial charge in [0.1, 0.15) is 24.7 Å². The molecule has 30 heavy (non-hydrogen) atoms. The van der Waals surface area contributed by atoms with Crippen molar-refractivity contribution in [3.05, 3.63) is 65.5 Å². The Labute approximate surface area is 174 Å². The van der Waals surface area contributed by atoms with Gasteiger partial charge in [0.2, 0.25) is 0 Å². The Balaban J connectivity index is 1.40. The standard InChI is InChI=1S/C22H20N4O4/c1-24-18-4-8-20(9-5-18)30-15-13-26-11-10-25(21(27)22(26)28)12-14-29-19-6-2-17(16-23)3-7-19/h2-9H,10-15H2. The zero-order chi connectivity index (χ0) is 21.3. The topological polar surface area (TPSA) is 87.2 Å². The maximum Gasteiger partial charge on any atom is 0.312 e. The smallest absolute Gasteiger partial charge is 0.312 e. The highest BCUT2D eigenvalue weighted by atomic mass is 16.5. The molecule has 3 rings (SSSR count). The summed E-state index contributed by atoms with van der Waals surface area (Å²) in [5, 5.41) is 8.79. The number of ether oxygens (including phenoxy) is 2. The molecule has 0 N–H and O–H groups in total. The highest BCUT2D eigenvalue weighted by Crippen LogP contribution is 2.18. The number of nitriles is 1. The van der Waals surface area contributed by atoms with Crippen molar-refractivity contribution in [1.82, 2.24) is 9.80 Å². The molecule has 0 saturated carbocycles. The summed E-state index contributed by atoms with van der Waals surface area (Å²) in [5.74, 6) is 0.116. The van der Waals surface area contributed by atoms with Crippen LogP contribution in [0.1, 0.15) is 5.56 Å². The van der Waals surface area contributed by atoms with Gasteiger partial charge >= 0.3 is 11.8 Å². The van der Waals surface area contributed by atoms with Gasteiger partial charge in [-0.15, -0.1) is 0 Å². The van der Waals surface area contributed by atoms with Crippen molar-refractivity contribution >= 4 is 17.5 Å². The Bertz CT molecular complexity index is 893. The van der Waals surface area contributed by atoms with Crippen LogP contribution in [0.25, 0.3) is 4.85 Å². The summed E-state index contributed by atoms with van der Waals surface area (Å²) in [6.07, 6.45) is 0. The minimum atomic E-state index is -0.550. The fourth-order valence-corrected chi connectivity index (χ4v) is 2.93. The lowest BCUT2D eigenvalue weighted by atomic mass is 10.2. The summed E-state index contributed by atoms with van der Waals surface area (Å²) in [6.45, 7) is 8.93. The first-order valence-corrected chi connectivity index (χ1v) is 9.42. The van der Waals surface area contributed by atoms with Gasteiger partial charge in [0.15, 0.2) is 5.69 Å². The number of amides is 2. The molecular formula is C22H20N4O4. The molecule has 2 amide bonds. The summed E-state index contributed by atoms with van der Waals surface area (Å²) in [5.41, 5.74) is 1.08. The first-order valence-electron chi connectivity index (χ1n) is 9.42. The highest BCUT2D eigenvalue weighted by Gasteiger charge is 2.32. The molecule has 0 bridgehead atoms. The maximum absolute atomic E-state index is 12.3. The molecule has 1 saturated heterocycles. The lowest BCUT2D eigenvalue weighted by Gasteiger charge is -2.33. The van der Waals surface area contributed by atoms with Gasteiger partial charge < -0.3 is 19.3 Å². The van der Waals surface area contributed by atoms with E-state index in [1.807, 2.05) is 6.07 Å². The van der Waals surface area contributed by atoms with Crippen LogP contribution in [0, 0.1) is 17.9 Å². The molecule has 1 aliphatic rings. The van der Waals surface area contributed by atoms with Crippen molar-refractivity contribution in [2.45, 2.75) is 0 Å². The van der Waals surface area contributed by atoms with Crippen LogP contribution in [0.4, 0.5) is 5.69 Å². The van der Waals surface area contributed by atoms with E-state index in [2.05, 4.69) is 4.85 Å². The molecule has 1 heterocycles. The van der Waals surface area contributed by atoms with E-state index in [0.29, 0.717) is 48.9 Å². The average molecular weight is 404 g/mol. The Morgan fingerprint density at radius 2 is 1.33 bits per heavy atom. The van der Waals surface area contributed by atoms with Crippen LogP contribution in [0.15, 0.2) is 48.5 Å². The third-order valence-electron chi connectivity index (χ3n) is 4.61. The van der Waals surface area contributed by atoms with Crippen LogP contribution in [0.2, 0.25) is 0 Å². The number of benzene rings is 2. The van der Waals surface area contributed by atoms with Gasteiger partial charge in [0.05, 0.1) is 31.3 Å². The van der Waals surface area contributed by atoms with Gasteiger partial charge in [-0.3, -0.25) is 9.59 Å². The average Bonchev–Trinajstić information content (AvgIpc) is 2.79. The van der Waals surface area contributed by atoms with Crippen LogP contribution < -0.4 is 9.47 Å². The minimum Gasteiger partial charge on any atom is -0.492 e. The molecule has 2 aromatic rings. The Morgan fingerprint density at radius 3 is 1.77 bits per heavy atom. The van der Waals surface area contributed by atoms with E-state index in [0.717, 1.165) is 0 Å². The van der Waals surface area contributed by atoms with E-state index in [9.17, 15) is 9.59 Å². The molecular weight excluding hydrogens is 384 g/mol. The monoisotopic (exact) mass is 404 g/mol. The van der Waals surface area contributed by atoms with Gasteiger partial charge in [-0.1, -0.05) is 12.1 Å². The van der Waals surface area contributed by atoms with E-state index >= 15 is 0 Å². The normalized spacial score (nSPS) is 13.5. The molecule has 2 aromatic carbocycles. The highest BCUT2D eigenvalue weighted by molar-refractivity contribution is 6.35. The molecule has 1 fully saturated rings. The van der Waals surface area contributed by atoms with Crippen molar-refractivity contribution in [2.24, 2.45) is 0 Å². The molecule has 0 radical (unpaired) electrons. The third kappa shape index (κ3) is 5.27. The Morgan fingerprint density at radius 1 is 0.867 bits per heavy atom.